The maximum Gasteiger partial charge on any atom is 0.416 e. The van der Waals surface area contributed by atoms with Gasteiger partial charge in [0.1, 0.15) is 6.33 Å². The summed E-state index contributed by atoms with van der Waals surface area (Å²) in [5.41, 5.74) is 0.442. The van der Waals surface area contributed by atoms with E-state index in [2.05, 4.69) is 9.97 Å². The molecule has 0 aliphatic rings. The third kappa shape index (κ3) is 3.78. The summed E-state index contributed by atoms with van der Waals surface area (Å²) in [4.78, 5) is 9.80. The molecule has 2 rings (SSSR count). The Morgan fingerprint density at radius 3 is 2.52 bits per heavy atom. The van der Waals surface area contributed by atoms with Gasteiger partial charge in [-0.05, 0) is 31.7 Å². The Hall–Kier alpha value is -1.95. The molecule has 1 aromatic carbocycles. The fourth-order valence-corrected chi connectivity index (χ4v) is 2.11. The highest BCUT2D eigenvalue weighted by atomic mass is 19.4. The Morgan fingerprint density at radius 1 is 1.19 bits per heavy atom. The lowest BCUT2D eigenvalue weighted by atomic mass is 10.1. The molecule has 0 aliphatic heterocycles. The van der Waals surface area contributed by atoms with Crippen LogP contribution < -0.4 is 0 Å². The molecule has 0 fully saturated rings. The average Bonchev–Trinajstić information content (AvgIpc) is 2.47. The van der Waals surface area contributed by atoms with Crippen LogP contribution in [0.5, 0.6) is 0 Å². The summed E-state index contributed by atoms with van der Waals surface area (Å²) < 4.78 is 39.0. The lowest BCUT2D eigenvalue weighted by Crippen LogP contribution is -2.24. The van der Waals surface area contributed by atoms with E-state index < -0.39 is 11.7 Å². The minimum Gasteiger partial charge on any atom is -0.294 e. The highest BCUT2D eigenvalue weighted by Crippen LogP contribution is 2.33. The van der Waals surface area contributed by atoms with E-state index in [0.717, 1.165) is 11.8 Å². The number of hydrogen-bond acceptors (Lipinski definition) is 3. The van der Waals surface area contributed by atoms with Gasteiger partial charge in [0.05, 0.1) is 11.3 Å². The summed E-state index contributed by atoms with van der Waals surface area (Å²) in [6.07, 6.45) is -1.28. The van der Waals surface area contributed by atoms with Crippen LogP contribution in [0.2, 0.25) is 0 Å². The maximum atomic E-state index is 13.0. The maximum absolute atomic E-state index is 13.0. The first-order valence-electron chi connectivity index (χ1n) is 6.51. The van der Waals surface area contributed by atoms with Crippen LogP contribution in [0.3, 0.4) is 0 Å². The second-order valence-corrected chi connectivity index (χ2v) is 4.88. The minimum atomic E-state index is -4.34. The summed E-state index contributed by atoms with van der Waals surface area (Å²) in [5, 5.41) is 0. The first-order chi connectivity index (χ1) is 9.89. The number of aromatic nitrogens is 2. The molecule has 0 bridgehead atoms. The molecule has 0 amide bonds. The number of alkyl halides is 3. The van der Waals surface area contributed by atoms with Crippen molar-refractivity contribution in [2.24, 2.45) is 0 Å². The van der Waals surface area contributed by atoms with Crippen molar-refractivity contribution in [3.8, 4) is 0 Å². The van der Waals surface area contributed by atoms with Crippen LogP contribution >= 0.6 is 0 Å². The van der Waals surface area contributed by atoms with Crippen LogP contribution in [0.25, 0.3) is 0 Å². The van der Waals surface area contributed by atoms with Crippen molar-refractivity contribution in [2.75, 3.05) is 7.05 Å². The molecular formula is C15H16F3N3. The summed E-state index contributed by atoms with van der Waals surface area (Å²) in [5.74, 6) is 0. The van der Waals surface area contributed by atoms with E-state index in [1.807, 2.05) is 11.8 Å². The molecule has 1 aromatic heterocycles. The van der Waals surface area contributed by atoms with Gasteiger partial charge >= 0.3 is 6.18 Å². The quantitative estimate of drug-likeness (QED) is 0.861. The van der Waals surface area contributed by atoms with E-state index in [4.69, 9.17) is 0 Å². The van der Waals surface area contributed by atoms with E-state index in [1.165, 1.54) is 18.5 Å². The van der Waals surface area contributed by atoms with Crippen LogP contribution in [0.4, 0.5) is 13.2 Å². The number of nitrogens with zero attached hydrogens (tertiary/aromatic N) is 3. The SMILES string of the molecule is CC(c1ccncn1)N(C)Cc1ccccc1C(F)(F)F. The van der Waals surface area contributed by atoms with Gasteiger partial charge in [0.15, 0.2) is 0 Å². The molecule has 21 heavy (non-hydrogen) atoms. The minimum absolute atomic E-state index is 0.103. The van der Waals surface area contributed by atoms with Crippen molar-refractivity contribution >= 4 is 0 Å². The van der Waals surface area contributed by atoms with Crippen molar-refractivity contribution < 1.29 is 13.2 Å². The molecule has 3 nitrogen and oxygen atoms in total. The third-order valence-corrected chi connectivity index (χ3v) is 3.44. The van der Waals surface area contributed by atoms with Crippen LogP contribution in [-0.4, -0.2) is 21.9 Å². The molecule has 0 saturated heterocycles. The van der Waals surface area contributed by atoms with Crippen LogP contribution in [0.15, 0.2) is 42.9 Å². The topological polar surface area (TPSA) is 29.0 Å². The van der Waals surface area contributed by atoms with Gasteiger partial charge in [-0.3, -0.25) is 4.90 Å². The standard InChI is InChI=1S/C15H16F3N3/c1-11(14-7-8-19-10-20-14)21(2)9-12-5-3-4-6-13(12)15(16,17)18/h3-8,10-11H,9H2,1-2H3. The van der Waals surface area contributed by atoms with Crippen LogP contribution in [0, 0.1) is 0 Å². The Balaban J connectivity index is 2.19. The molecule has 0 saturated carbocycles. The van der Waals surface area contributed by atoms with Gasteiger partial charge in [-0.1, -0.05) is 18.2 Å². The zero-order chi connectivity index (χ0) is 15.5. The summed E-state index contributed by atoms with van der Waals surface area (Å²) >= 11 is 0. The lowest BCUT2D eigenvalue weighted by molar-refractivity contribution is -0.138. The van der Waals surface area contributed by atoms with E-state index in [0.29, 0.717) is 0 Å². The predicted molar refractivity (Wildman–Crippen MR) is 73.4 cm³/mol. The molecule has 1 atom stereocenters. The molecule has 2 aromatic rings. The Morgan fingerprint density at radius 2 is 1.90 bits per heavy atom. The zero-order valence-corrected chi connectivity index (χ0v) is 11.8. The van der Waals surface area contributed by atoms with Gasteiger partial charge in [0, 0.05) is 18.8 Å². The zero-order valence-electron chi connectivity index (χ0n) is 11.8. The van der Waals surface area contributed by atoms with E-state index in [9.17, 15) is 13.2 Å². The fraction of sp³-hybridized carbons (Fsp3) is 0.333. The van der Waals surface area contributed by atoms with Gasteiger partial charge < -0.3 is 0 Å². The summed E-state index contributed by atoms with van der Waals surface area (Å²) in [6.45, 7) is 2.10. The number of halogens is 3. The molecule has 0 radical (unpaired) electrons. The molecular weight excluding hydrogens is 279 g/mol. The Labute approximate surface area is 121 Å². The van der Waals surface area contributed by atoms with Crippen molar-refractivity contribution in [3.05, 3.63) is 59.7 Å². The van der Waals surface area contributed by atoms with Gasteiger partial charge in [0.2, 0.25) is 0 Å². The van der Waals surface area contributed by atoms with Gasteiger partial charge in [-0.15, -0.1) is 0 Å². The van der Waals surface area contributed by atoms with Crippen LogP contribution in [0.1, 0.15) is 29.8 Å². The van der Waals surface area contributed by atoms with Crippen molar-refractivity contribution in [1.82, 2.24) is 14.9 Å². The molecule has 1 unspecified atom stereocenters. The van der Waals surface area contributed by atoms with E-state index in [1.54, 1.807) is 25.4 Å². The summed E-state index contributed by atoms with van der Waals surface area (Å²) in [7, 11) is 1.78. The molecule has 6 heteroatoms. The fourth-order valence-electron chi connectivity index (χ4n) is 2.11. The van der Waals surface area contributed by atoms with Gasteiger partial charge in [0.25, 0.3) is 0 Å². The largest absolute Gasteiger partial charge is 0.416 e. The Bertz CT molecular complexity index is 584. The first-order valence-corrected chi connectivity index (χ1v) is 6.51. The van der Waals surface area contributed by atoms with E-state index in [-0.39, 0.29) is 18.2 Å². The van der Waals surface area contributed by atoms with Crippen LogP contribution in [-0.2, 0) is 12.7 Å². The van der Waals surface area contributed by atoms with Crippen molar-refractivity contribution in [3.63, 3.8) is 0 Å². The highest BCUT2D eigenvalue weighted by Gasteiger charge is 2.33. The number of hydrogen-bond donors (Lipinski definition) is 0. The monoisotopic (exact) mass is 295 g/mol. The van der Waals surface area contributed by atoms with Gasteiger partial charge in [-0.25, -0.2) is 9.97 Å². The molecule has 0 spiro atoms. The first kappa shape index (κ1) is 15.4. The lowest BCUT2D eigenvalue weighted by Gasteiger charge is -2.25. The van der Waals surface area contributed by atoms with E-state index >= 15 is 0 Å². The highest BCUT2D eigenvalue weighted by molar-refractivity contribution is 5.29. The second-order valence-electron chi connectivity index (χ2n) is 4.88. The smallest absolute Gasteiger partial charge is 0.294 e. The normalized spacial score (nSPS) is 13.4. The predicted octanol–water partition coefficient (Wildman–Crippen LogP) is 3.69. The third-order valence-electron chi connectivity index (χ3n) is 3.44. The second kappa shape index (κ2) is 6.22. The van der Waals surface area contributed by atoms with Gasteiger partial charge in [-0.2, -0.15) is 13.2 Å². The Kier molecular flexibility index (Phi) is 4.57. The molecule has 112 valence electrons. The number of benzene rings is 1. The molecule has 0 aliphatic carbocycles. The average molecular weight is 295 g/mol. The van der Waals surface area contributed by atoms with Crippen molar-refractivity contribution in [2.45, 2.75) is 25.7 Å². The molecule has 1 heterocycles. The number of rotatable bonds is 4. The van der Waals surface area contributed by atoms with Crippen molar-refractivity contribution in [1.29, 1.82) is 0 Å². The summed E-state index contributed by atoms with van der Waals surface area (Å²) in [6, 6.07) is 7.30. The molecule has 0 N–H and O–H groups in total.